The van der Waals surface area contributed by atoms with E-state index in [9.17, 15) is 4.79 Å². The molecule has 1 aromatic carbocycles. The van der Waals surface area contributed by atoms with E-state index in [1.165, 1.54) is 0 Å². The summed E-state index contributed by atoms with van der Waals surface area (Å²) in [5.41, 5.74) is 1.85. The number of rotatable bonds is 6. The van der Waals surface area contributed by atoms with Gasteiger partial charge in [-0.25, -0.2) is 0 Å². The second kappa shape index (κ2) is 6.40. The topological polar surface area (TPSA) is 29.5 Å². The highest BCUT2D eigenvalue weighted by Crippen LogP contribution is 2.19. The molecular weight excluding hydrogens is 214 g/mol. The lowest BCUT2D eigenvalue weighted by Gasteiger charge is -2.12. The zero-order valence-corrected chi connectivity index (χ0v) is 11.1. The van der Waals surface area contributed by atoms with Crippen molar-refractivity contribution in [3.8, 4) is 5.75 Å². The highest BCUT2D eigenvalue weighted by molar-refractivity contribution is 5.95. The van der Waals surface area contributed by atoms with Crippen LogP contribution in [-0.2, 0) is 6.42 Å². The van der Waals surface area contributed by atoms with E-state index in [4.69, 9.17) is 4.74 Å². The molecule has 0 N–H and O–H groups in total. The van der Waals surface area contributed by atoms with Crippen molar-refractivity contribution in [2.24, 2.45) is 0 Å². The fraction of sp³-hybridized carbons (Fsp3) is 0.500. The van der Waals surface area contributed by atoms with Crippen LogP contribution in [0.3, 0.4) is 0 Å². The molecule has 0 spiro atoms. The first-order valence-corrected chi connectivity index (χ1v) is 5.96. The Morgan fingerprint density at radius 3 is 2.59 bits per heavy atom. The molecule has 94 valence electrons. The van der Waals surface area contributed by atoms with Gasteiger partial charge in [0.1, 0.15) is 12.4 Å². The maximum Gasteiger partial charge on any atom is 0.160 e. The van der Waals surface area contributed by atoms with Crippen LogP contribution in [0.2, 0.25) is 0 Å². The summed E-state index contributed by atoms with van der Waals surface area (Å²) in [6, 6.07) is 5.68. The number of carbonyl (C=O) groups is 1. The molecule has 0 saturated carbocycles. The summed E-state index contributed by atoms with van der Waals surface area (Å²) >= 11 is 0. The van der Waals surface area contributed by atoms with E-state index in [1.807, 2.05) is 39.2 Å². The Morgan fingerprint density at radius 1 is 1.35 bits per heavy atom. The highest BCUT2D eigenvalue weighted by atomic mass is 16.5. The highest BCUT2D eigenvalue weighted by Gasteiger charge is 2.07. The van der Waals surface area contributed by atoms with Crippen molar-refractivity contribution < 1.29 is 9.53 Å². The van der Waals surface area contributed by atoms with Gasteiger partial charge in [-0.1, -0.05) is 6.92 Å². The molecule has 17 heavy (non-hydrogen) atoms. The van der Waals surface area contributed by atoms with Crippen molar-refractivity contribution in [1.29, 1.82) is 0 Å². The Bertz CT molecular complexity index is 386. The third kappa shape index (κ3) is 4.19. The van der Waals surface area contributed by atoms with Crippen LogP contribution in [0.1, 0.15) is 29.8 Å². The van der Waals surface area contributed by atoms with Crippen LogP contribution in [0.15, 0.2) is 18.2 Å². The van der Waals surface area contributed by atoms with Gasteiger partial charge in [0.15, 0.2) is 5.78 Å². The Balaban J connectivity index is 2.72. The Hall–Kier alpha value is -1.35. The molecule has 1 rings (SSSR count). The van der Waals surface area contributed by atoms with Crippen molar-refractivity contribution in [3.63, 3.8) is 0 Å². The molecule has 0 unspecified atom stereocenters. The summed E-state index contributed by atoms with van der Waals surface area (Å²) in [5, 5.41) is 0. The monoisotopic (exact) mass is 235 g/mol. The molecular formula is C14H21NO2. The van der Waals surface area contributed by atoms with Crippen LogP contribution in [0.25, 0.3) is 0 Å². The minimum absolute atomic E-state index is 0.113. The van der Waals surface area contributed by atoms with Gasteiger partial charge in [-0.15, -0.1) is 0 Å². The van der Waals surface area contributed by atoms with Crippen molar-refractivity contribution in [1.82, 2.24) is 4.90 Å². The van der Waals surface area contributed by atoms with E-state index in [2.05, 4.69) is 4.90 Å². The number of hydrogen-bond acceptors (Lipinski definition) is 3. The second-order valence-electron chi connectivity index (χ2n) is 4.38. The molecule has 0 amide bonds. The van der Waals surface area contributed by atoms with Crippen molar-refractivity contribution in [3.05, 3.63) is 29.3 Å². The standard InChI is InChI=1S/C14H21NO2/c1-5-12-10-13(17-9-8-15(3)4)6-7-14(12)11(2)16/h6-7,10H,5,8-9H2,1-4H3. The molecule has 0 aromatic heterocycles. The summed E-state index contributed by atoms with van der Waals surface area (Å²) in [5.74, 6) is 0.954. The SMILES string of the molecule is CCc1cc(OCCN(C)C)ccc1C(C)=O. The molecule has 3 nitrogen and oxygen atoms in total. The molecule has 0 bridgehead atoms. The Morgan fingerprint density at radius 2 is 2.06 bits per heavy atom. The zero-order chi connectivity index (χ0) is 12.8. The minimum Gasteiger partial charge on any atom is -0.492 e. The first kappa shape index (κ1) is 13.7. The number of ketones is 1. The summed E-state index contributed by atoms with van der Waals surface area (Å²) in [7, 11) is 4.03. The number of aryl methyl sites for hydroxylation is 1. The van der Waals surface area contributed by atoms with Gasteiger partial charge in [0.25, 0.3) is 0 Å². The smallest absolute Gasteiger partial charge is 0.160 e. The van der Waals surface area contributed by atoms with Gasteiger partial charge in [0, 0.05) is 12.1 Å². The van der Waals surface area contributed by atoms with Crippen LogP contribution in [-0.4, -0.2) is 37.9 Å². The summed E-state index contributed by atoms with van der Waals surface area (Å²) in [4.78, 5) is 13.5. The summed E-state index contributed by atoms with van der Waals surface area (Å²) in [6.45, 7) is 5.19. The number of ether oxygens (including phenoxy) is 1. The van der Waals surface area contributed by atoms with Gasteiger partial charge in [-0.3, -0.25) is 4.79 Å². The van der Waals surface area contributed by atoms with Crippen molar-refractivity contribution in [2.45, 2.75) is 20.3 Å². The van der Waals surface area contributed by atoms with Crippen LogP contribution < -0.4 is 4.74 Å². The van der Waals surface area contributed by atoms with Crippen LogP contribution >= 0.6 is 0 Å². The average molecular weight is 235 g/mol. The van der Waals surface area contributed by atoms with Crippen LogP contribution in [0.5, 0.6) is 5.75 Å². The van der Waals surface area contributed by atoms with E-state index < -0.39 is 0 Å². The maximum atomic E-state index is 11.4. The van der Waals surface area contributed by atoms with Gasteiger partial charge in [-0.05, 0) is 51.2 Å². The normalized spacial score (nSPS) is 10.6. The molecule has 0 radical (unpaired) electrons. The number of likely N-dealkylation sites (N-methyl/N-ethyl adjacent to an activating group) is 1. The number of hydrogen-bond donors (Lipinski definition) is 0. The quantitative estimate of drug-likeness (QED) is 0.709. The molecule has 0 saturated heterocycles. The summed E-state index contributed by atoms with van der Waals surface area (Å²) < 4.78 is 5.64. The predicted molar refractivity (Wildman–Crippen MR) is 69.9 cm³/mol. The predicted octanol–water partition coefficient (Wildman–Crippen LogP) is 2.39. The Kier molecular flexibility index (Phi) is 5.16. The lowest BCUT2D eigenvalue weighted by molar-refractivity contribution is 0.101. The summed E-state index contributed by atoms with van der Waals surface area (Å²) in [6.07, 6.45) is 0.847. The number of nitrogens with zero attached hydrogens (tertiary/aromatic N) is 1. The fourth-order valence-corrected chi connectivity index (χ4v) is 1.64. The lowest BCUT2D eigenvalue weighted by atomic mass is 10.0. The van der Waals surface area contributed by atoms with Crippen molar-refractivity contribution in [2.75, 3.05) is 27.2 Å². The average Bonchev–Trinajstić information content (AvgIpc) is 2.28. The van der Waals surface area contributed by atoms with Gasteiger partial charge >= 0.3 is 0 Å². The molecule has 3 heteroatoms. The van der Waals surface area contributed by atoms with Crippen LogP contribution in [0.4, 0.5) is 0 Å². The number of Topliss-reactive ketones (excluding diaryl/α,β-unsaturated/α-hetero) is 1. The molecule has 0 aliphatic heterocycles. The minimum atomic E-state index is 0.113. The third-order valence-corrected chi connectivity index (χ3v) is 2.64. The van der Waals surface area contributed by atoms with E-state index in [0.29, 0.717) is 6.61 Å². The number of benzene rings is 1. The molecule has 0 atom stereocenters. The largest absolute Gasteiger partial charge is 0.492 e. The van der Waals surface area contributed by atoms with E-state index in [1.54, 1.807) is 6.92 Å². The first-order chi connectivity index (χ1) is 8.04. The molecule has 0 heterocycles. The molecule has 0 fully saturated rings. The van der Waals surface area contributed by atoms with Gasteiger partial charge in [0.05, 0.1) is 0 Å². The molecule has 0 aliphatic rings. The van der Waals surface area contributed by atoms with Gasteiger partial charge in [-0.2, -0.15) is 0 Å². The fourth-order valence-electron chi connectivity index (χ4n) is 1.64. The van der Waals surface area contributed by atoms with E-state index >= 15 is 0 Å². The Labute approximate surface area is 103 Å². The van der Waals surface area contributed by atoms with Gasteiger partial charge < -0.3 is 9.64 Å². The lowest BCUT2D eigenvalue weighted by Crippen LogP contribution is -2.19. The van der Waals surface area contributed by atoms with Gasteiger partial charge in [0.2, 0.25) is 0 Å². The van der Waals surface area contributed by atoms with E-state index in [-0.39, 0.29) is 5.78 Å². The first-order valence-electron chi connectivity index (χ1n) is 5.96. The number of carbonyl (C=O) groups excluding carboxylic acids is 1. The van der Waals surface area contributed by atoms with E-state index in [0.717, 1.165) is 29.8 Å². The molecule has 1 aromatic rings. The maximum absolute atomic E-state index is 11.4. The molecule has 0 aliphatic carbocycles. The van der Waals surface area contributed by atoms with Crippen molar-refractivity contribution >= 4 is 5.78 Å². The van der Waals surface area contributed by atoms with Crippen LogP contribution in [0, 0.1) is 0 Å². The second-order valence-corrected chi connectivity index (χ2v) is 4.38. The zero-order valence-electron chi connectivity index (χ0n) is 11.1. The third-order valence-electron chi connectivity index (χ3n) is 2.64.